The number of pyridine rings is 2. The molecule has 8 heteroatoms. The van der Waals surface area contributed by atoms with Crippen molar-refractivity contribution in [2.45, 2.75) is 19.4 Å². The number of amides is 1. The molecule has 1 N–H and O–H groups in total. The number of likely N-dealkylation sites (N-methyl/N-ethyl adjacent to an activating group) is 1. The number of nitrogens with one attached hydrogen (secondary N) is 1. The highest BCUT2D eigenvalue weighted by molar-refractivity contribution is 5.97. The van der Waals surface area contributed by atoms with Crippen molar-refractivity contribution in [3.05, 3.63) is 83.4 Å². The molecule has 40 heavy (non-hydrogen) atoms. The van der Waals surface area contributed by atoms with Gasteiger partial charge in [-0.15, -0.1) is 0 Å². The molecule has 1 aliphatic heterocycles. The highest BCUT2D eigenvalue weighted by atomic mass is 16.5. The van der Waals surface area contributed by atoms with E-state index in [0.29, 0.717) is 18.7 Å². The van der Waals surface area contributed by atoms with E-state index in [2.05, 4.69) is 28.1 Å². The van der Waals surface area contributed by atoms with Crippen LogP contribution in [-0.2, 0) is 11.8 Å². The molecule has 0 spiro atoms. The summed E-state index contributed by atoms with van der Waals surface area (Å²) in [4.78, 5) is 36.8. The Balaban J connectivity index is 1.15. The molecule has 1 atom stereocenters. The summed E-state index contributed by atoms with van der Waals surface area (Å²) in [6, 6.07) is 20.1. The highest BCUT2D eigenvalue weighted by Gasteiger charge is 2.26. The van der Waals surface area contributed by atoms with Gasteiger partial charge in [-0.25, -0.2) is 4.98 Å². The highest BCUT2D eigenvalue weighted by Crippen LogP contribution is 2.30. The molecular weight excluding hydrogens is 502 g/mol. The average Bonchev–Trinajstić information content (AvgIpc) is 3.43. The number of carbonyl (C=O) groups is 1. The second-order valence-electron chi connectivity index (χ2n) is 10.5. The van der Waals surface area contributed by atoms with E-state index >= 15 is 0 Å². The van der Waals surface area contributed by atoms with Crippen molar-refractivity contribution in [3.8, 4) is 28.1 Å². The molecule has 1 saturated heterocycles. The molecule has 5 aromatic rings. The van der Waals surface area contributed by atoms with Crippen LogP contribution in [0.2, 0.25) is 0 Å². The lowest BCUT2D eigenvalue weighted by atomic mass is 10.0. The number of hydrogen-bond acceptors (Lipinski definition) is 5. The molecule has 0 radical (unpaired) electrons. The molecule has 6 rings (SSSR count). The molecule has 3 aromatic heterocycles. The van der Waals surface area contributed by atoms with Gasteiger partial charge in [0, 0.05) is 68.0 Å². The Morgan fingerprint density at radius 3 is 2.60 bits per heavy atom. The third-order valence-electron chi connectivity index (χ3n) is 7.91. The van der Waals surface area contributed by atoms with E-state index in [1.54, 1.807) is 17.8 Å². The van der Waals surface area contributed by atoms with Crippen molar-refractivity contribution < 1.29 is 9.53 Å². The van der Waals surface area contributed by atoms with Gasteiger partial charge in [-0.05, 0) is 67.4 Å². The Morgan fingerprint density at radius 2 is 1.77 bits per heavy atom. The second kappa shape index (κ2) is 10.6. The summed E-state index contributed by atoms with van der Waals surface area (Å²) in [6.45, 7) is 4.92. The number of aryl methyl sites for hydroxylation is 1. The first-order valence-electron chi connectivity index (χ1n) is 13.7. The Kier molecular flexibility index (Phi) is 6.86. The molecule has 204 valence electrons. The fraction of sp³-hybridized carbons (Fsp3) is 0.281. The third-order valence-corrected chi connectivity index (χ3v) is 7.91. The second-order valence-corrected chi connectivity index (χ2v) is 10.5. The van der Waals surface area contributed by atoms with Crippen LogP contribution >= 0.6 is 0 Å². The van der Waals surface area contributed by atoms with Crippen LogP contribution in [0.1, 0.15) is 13.3 Å². The minimum atomic E-state index is -0.121. The standard InChI is InChI=1S/C32H33N5O3/c1-21-31(38)35(2)15-4-16-37(21)17-18-40-25-9-5-22(6-10-25)28-12-8-24-19-23(7-11-29(24)34-28)27-20-36(3)32(39)30-26(27)13-14-33-30/h5-14,19-21,33H,4,15-18H2,1-3H3/t21-/m1/s1. The smallest absolute Gasteiger partial charge is 0.274 e. The van der Waals surface area contributed by atoms with Crippen LogP contribution in [0.15, 0.2) is 77.9 Å². The van der Waals surface area contributed by atoms with Gasteiger partial charge in [0.15, 0.2) is 0 Å². The SMILES string of the molecule is C[C@@H]1C(=O)N(C)CCCN1CCOc1ccc(-c2ccc3cc(-c4cn(C)c(=O)c5[nH]ccc45)ccc3n2)cc1. The van der Waals surface area contributed by atoms with E-state index < -0.39 is 0 Å². The summed E-state index contributed by atoms with van der Waals surface area (Å²) < 4.78 is 7.62. The molecule has 2 aromatic carbocycles. The van der Waals surface area contributed by atoms with Gasteiger partial charge in [-0.2, -0.15) is 0 Å². The third kappa shape index (κ3) is 4.86. The van der Waals surface area contributed by atoms with Crippen LogP contribution in [-0.4, -0.2) is 69.6 Å². The number of H-pyrrole nitrogens is 1. The number of benzene rings is 2. The van der Waals surface area contributed by atoms with Crippen molar-refractivity contribution >= 4 is 27.7 Å². The van der Waals surface area contributed by atoms with Crippen LogP contribution in [0.3, 0.4) is 0 Å². The van der Waals surface area contributed by atoms with Gasteiger partial charge in [0.05, 0.1) is 17.3 Å². The quantitative estimate of drug-likeness (QED) is 0.341. The van der Waals surface area contributed by atoms with E-state index in [4.69, 9.17) is 9.72 Å². The topological polar surface area (TPSA) is 83.5 Å². The molecular formula is C32H33N5O3. The van der Waals surface area contributed by atoms with Crippen molar-refractivity contribution in [1.29, 1.82) is 0 Å². The molecule has 1 fully saturated rings. The maximum atomic E-state index is 12.4. The van der Waals surface area contributed by atoms with E-state index in [0.717, 1.165) is 63.9 Å². The van der Waals surface area contributed by atoms with Gasteiger partial charge in [-0.1, -0.05) is 12.1 Å². The van der Waals surface area contributed by atoms with Gasteiger partial charge < -0.3 is 19.2 Å². The lowest BCUT2D eigenvalue weighted by molar-refractivity contribution is -0.133. The van der Waals surface area contributed by atoms with Crippen molar-refractivity contribution in [2.75, 3.05) is 33.3 Å². The van der Waals surface area contributed by atoms with Crippen LogP contribution < -0.4 is 10.3 Å². The number of ether oxygens (including phenoxy) is 1. The molecule has 4 heterocycles. The zero-order valence-corrected chi connectivity index (χ0v) is 23.1. The Hall–Kier alpha value is -4.43. The normalized spacial score (nSPS) is 16.5. The summed E-state index contributed by atoms with van der Waals surface area (Å²) in [5, 5.41) is 1.95. The number of carbonyl (C=O) groups excluding carboxylic acids is 1. The van der Waals surface area contributed by atoms with Crippen molar-refractivity contribution in [3.63, 3.8) is 0 Å². The zero-order valence-electron chi connectivity index (χ0n) is 23.1. The zero-order chi connectivity index (χ0) is 27.8. The first-order chi connectivity index (χ1) is 19.4. The van der Waals surface area contributed by atoms with E-state index in [1.807, 2.05) is 67.5 Å². The van der Waals surface area contributed by atoms with E-state index in [9.17, 15) is 9.59 Å². The monoisotopic (exact) mass is 535 g/mol. The number of rotatable bonds is 6. The number of aromatic nitrogens is 3. The predicted octanol–water partition coefficient (Wildman–Crippen LogP) is 4.68. The largest absolute Gasteiger partial charge is 0.492 e. The molecule has 0 saturated carbocycles. The summed E-state index contributed by atoms with van der Waals surface area (Å²) in [5.74, 6) is 0.972. The number of nitrogens with zero attached hydrogens (tertiary/aromatic N) is 4. The fourth-order valence-corrected chi connectivity index (χ4v) is 5.55. The van der Waals surface area contributed by atoms with Crippen LogP contribution in [0.25, 0.3) is 44.2 Å². The summed E-state index contributed by atoms with van der Waals surface area (Å²) >= 11 is 0. The summed E-state index contributed by atoms with van der Waals surface area (Å²) in [7, 11) is 3.65. The molecule has 0 unspecified atom stereocenters. The van der Waals surface area contributed by atoms with Crippen molar-refractivity contribution in [2.24, 2.45) is 7.05 Å². The Bertz CT molecular complexity index is 1750. The first-order valence-corrected chi connectivity index (χ1v) is 13.7. The number of fused-ring (bicyclic) bond motifs is 2. The molecule has 1 aliphatic rings. The minimum absolute atomic E-state index is 0.0382. The van der Waals surface area contributed by atoms with Crippen molar-refractivity contribution in [1.82, 2.24) is 24.3 Å². The molecule has 1 amide bonds. The van der Waals surface area contributed by atoms with Gasteiger partial charge in [0.2, 0.25) is 5.91 Å². The first kappa shape index (κ1) is 25.8. The van der Waals surface area contributed by atoms with E-state index in [-0.39, 0.29) is 17.5 Å². The number of hydrogen-bond donors (Lipinski definition) is 1. The predicted molar refractivity (Wildman–Crippen MR) is 158 cm³/mol. The fourth-order valence-electron chi connectivity index (χ4n) is 5.55. The van der Waals surface area contributed by atoms with Gasteiger partial charge >= 0.3 is 0 Å². The summed E-state index contributed by atoms with van der Waals surface area (Å²) in [5.41, 5.74) is 5.43. The van der Waals surface area contributed by atoms with Crippen LogP contribution in [0.4, 0.5) is 0 Å². The van der Waals surface area contributed by atoms with Crippen LogP contribution in [0, 0.1) is 0 Å². The maximum absolute atomic E-state index is 12.4. The molecule has 8 nitrogen and oxygen atoms in total. The Labute approximate surface area is 232 Å². The lowest BCUT2D eigenvalue weighted by Crippen LogP contribution is -2.44. The average molecular weight is 536 g/mol. The van der Waals surface area contributed by atoms with Gasteiger partial charge in [0.25, 0.3) is 5.56 Å². The number of aromatic amines is 1. The lowest BCUT2D eigenvalue weighted by Gasteiger charge is -2.26. The minimum Gasteiger partial charge on any atom is -0.492 e. The van der Waals surface area contributed by atoms with Crippen LogP contribution in [0.5, 0.6) is 5.75 Å². The van der Waals surface area contributed by atoms with E-state index in [1.165, 1.54) is 0 Å². The maximum Gasteiger partial charge on any atom is 0.274 e. The van der Waals surface area contributed by atoms with Gasteiger partial charge in [-0.3, -0.25) is 14.5 Å². The summed E-state index contributed by atoms with van der Waals surface area (Å²) in [6.07, 6.45) is 4.67. The van der Waals surface area contributed by atoms with Gasteiger partial charge in [0.1, 0.15) is 17.9 Å². The molecule has 0 bridgehead atoms. The molecule has 0 aliphatic carbocycles. The Morgan fingerprint density at radius 1 is 0.975 bits per heavy atom.